The molecular weight excluding hydrogens is 876 g/mol. The van der Waals surface area contributed by atoms with E-state index in [1.54, 1.807) is 0 Å². The van der Waals surface area contributed by atoms with Gasteiger partial charge in [-0.1, -0.05) is 276 Å². The number of amides is 1. The number of aliphatic hydroxyl groups excluding tert-OH is 1. The molecule has 0 aromatic rings. The lowest BCUT2D eigenvalue weighted by Crippen LogP contribution is -2.46. The third-order valence-electron chi connectivity index (χ3n) is 14.0. The molecule has 410 valence electrons. The predicted octanol–water partition coefficient (Wildman–Crippen LogP) is 18.4. The van der Waals surface area contributed by atoms with E-state index in [1.165, 1.54) is 231 Å². The summed E-state index contributed by atoms with van der Waals surface area (Å²) in [5, 5.41) is 14.1. The molecule has 0 bridgehead atoms. The number of carbonyl (C=O) groups is 1. The molecular formula is C60H120N2O6P+. The second-order valence-electron chi connectivity index (χ2n) is 22.1. The normalized spacial score (nSPS) is 14.0. The van der Waals surface area contributed by atoms with Crippen LogP contribution in [-0.4, -0.2) is 73.4 Å². The molecule has 3 atom stereocenters. The van der Waals surface area contributed by atoms with Crippen LogP contribution < -0.4 is 5.32 Å². The van der Waals surface area contributed by atoms with Crippen LogP contribution in [0.1, 0.15) is 303 Å². The van der Waals surface area contributed by atoms with Gasteiger partial charge in [0.15, 0.2) is 0 Å². The zero-order chi connectivity index (χ0) is 50.6. The Labute approximate surface area is 430 Å². The number of unbranched alkanes of at least 4 members (excludes halogenated alkanes) is 39. The van der Waals surface area contributed by atoms with Gasteiger partial charge in [0.1, 0.15) is 13.2 Å². The van der Waals surface area contributed by atoms with Gasteiger partial charge in [-0.2, -0.15) is 0 Å². The molecule has 0 saturated heterocycles. The van der Waals surface area contributed by atoms with Crippen molar-refractivity contribution in [3.05, 3.63) is 24.3 Å². The maximum Gasteiger partial charge on any atom is 0.472 e. The number of hydrogen-bond acceptors (Lipinski definition) is 5. The van der Waals surface area contributed by atoms with Gasteiger partial charge in [0.2, 0.25) is 5.91 Å². The number of phosphoric acid groups is 1. The zero-order valence-corrected chi connectivity index (χ0v) is 47.7. The number of aliphatic hydroxyl groups is 1. The van der Waals surface area contributed by atoms with Gasteiger partial charge in [0.25, 0.3) is 0 Å². The van der Waals surface area contributed by atoms with Gasteiger partial charge in [0.05, 0.1) is 39.9 Å². The quantitative estimate of drug-likeness (QED) is 0.0243. The Morgan fingerprint density at radius 3 is 1.19 bits per heavy atom. The first kappa shape index (κ1) is 68.0. The highest BCUT2D eigenvalue weighted by molar-refractivity contribution is 7.47. The van der Waals surface area contributed by atoms with Crippen LogP contribution in [0.25, 0.3) is 0 Å². The molecule has 9 heteroatoms. The Morgan fingerprint density at radius 2 is 0.826 bits per heavy atom. The molecule has 8 nitrogen and oxygen atoms in total. The van der Waals surface area contributed by atoms with Crippen LogP contribution in [-0.2, 0) is 18.4 Å². The Morgan fingerprint density at radius 1 is 0.493 bits per heavy atom. The summed E-state index contributed by atoms with van der Waals surface area (Å²) < 4.78 is 23.8. The van der Waals surface area contributed by atoms with Crippen molar-refractivity contribution in [3.63, 3.8) is 0 Å². The lowest BCUT2D eigenvalue weighted by atomic mass is 10.0. The molecule has 0 aliphatic heterocycles. The third-order valence-corrected chi connectivity index (χ3v) is 14.9. The van der Waals surface area contributed by atoms with Crippen molar-refractivity contribution in [2.75, 3.05) is 40.9 Å². The van der Waals surface area contributed by atoms with Crippen molar-refractivity contribution < 1.29 is 32.9 Å². The van der Waals surface area contributed by atoms with Crippen LogP contribution in [0.15, 0.2) is 24.3 Å². The summed E-state index contributed by atoms with van der Waals surface area (Å²) in [7, 11) is 1.63. The van der Waals surface area contributed by atoms with Crippen molar-refractivity contribution >= 4 is 13.7 Å². The molecule has 0 aliphatic rings. The molecule has 0 saturated carbocycles. The molecule has 0 heterocycles. The average molecular weight is 997 g/mol. The lowest BCUT2D eigenvalue weighted by molar-refractivity contribution is -0.870. The Bertz CT molecular complexity index is 1170. The number of nitrogens with zero attached hydrogens (tertiary/aromatic N) is 1. The fourth-order valence-corrected chi connectivity index (χ4v) is 9.93. The minimum Gasteiger partial charge on any atom is -0.391 e. The van der Waals surface area contributed by atoms with E-state index in [4.69, 9.17) is 9.05 Å². The molecule has 3 unspecified atom stereocenters. The topological polar surface area (TPSA) is 105 Å². The number of nitrogens with one attached hydrogen (secondary N) is 1. The summed E-state index contributed by atoms with van der Waals surface area (Å²) in [6, 6.07) is -0.759. The molecule has 0 fully saturated rings. The molecule has 0 radical (unpaired) electrons. The summed E-state index contributed by atoms with van der Waals surface area (Å²) in [4.78, 5) is 23.3. The summed E-state index contributed by atoms with van der Waals surface area (Å²) >= 11 is 0. The van der Waals surface area contributed by atoms with Gasteiger partial charge in [0, 0.05) is 6.42 Å². The van der Waals surface area contributed by atoms with E-state index in [9.17, 15) is 19.4 Å². The second kappa shape index (κ2) is 51.9. The van der Waals surface area contributed by atoms with Crippen LogP contribution in [0.3, 0.4) is 0 Å². The molecule has 0 spiro atoms. The number of quaternary nitrogens is 1. The Balaban J connectivity index is 4.04. The van der Waals surface area contributed by atoms with Crippen LogP contribution in [0.5, 0.6) is 0 Å². The number of carbonyl (C=O) groups excluding carboxylic acids is 1. The van der Waals surface area contributed by atoms with Gasteiger partial charge in [-0.3, -0.25) is 13.8 Å². The minimum absolute atomic E-state index is 0.0765. The first-order chi connectivity index (χ1) is 33.5. The van der Waals surface area contributed by atoms with Crippen LogP contribution in [0, 0.1) is 0 Å². The number of likely N-dealkylation sites (N-methyl/N-ethyl adjacent to an activating group) is 1. The maximum atomic E-state index is 13.0. The van der Waals surface area contributed by atoms with E-state index in [-0.39, 0.29) is 19.1 Å². The van der Waals surface area contributed by atoms with Crippen molar-refractivity contribution in [2.24, 2.45) is 0 Å². The number of phosphoric ester groups is 1. The van der Waals surface area contributed by atoms with E-state index < -0.39 is 20.0 Å². The number of rotatable bonds is 56. The van der Waals surface area contributed by atoms with Crippen LogP contribution >= 0.6 is 7.82 Å². The van der Waals surface area contributed by atoms with Gasteiger partial charge in [-0.15, -0.1) is 0 Å². The highest BCUT2D eigenvalue weighted by Crippen LogP contribution is 2.43. The summed E-state index contributed by atoms with van der Waals surface area (Å²) in [6.45, 7) is 4.93. The van der Waals surface area contributed by atoms with Gasteiger partial charge in [-0.05, 0) is 44.9 Å². The van der Waals surface area contributed by atoms with Crippen molar-refractivity contribution in [3.8, 4) is 0 Å². The highest BCUT2D eigenvalue weighted by atomic mass is 31.2. The Kier molecular flexibility index (Phi) is 51.1. The first-order valence-electron chi connectivity index (χ1n) is 30.2. The minimum atomic E-state index is -4.32. The fraction of sp³-hybridized carbons (Fsp3) is 0.917. The molecule has 0 aromatic carbocycles. The second-order valence-corrected chi connectivity index (χ2v) is 23.5. The number of allylic oxidation sites excluding steroid dienone is 4. The molecule has 69 heavy (non-hydrogen) atoms. The first-order valence-corrected chi connectivity index (χ1v) is 31.7. The van der Waals surface area contributed by atoms with Crippen LogP contribution in [0.2, 0.25) is 0 Å². The van der Waals surface area contributed by atoms with Crippen molar-refractivity contribution in [1.29, 1.82) is 0 Å². The zero-order valence-electron chi connectivity index (χ0n) is 46.8. The lowest BCUT2D eigenvalue weighted by Gasteiger charge is -2.26. The monoisotopic (exact) mass is 996 g/mol. The maximum absolute atomic E-state index is 13.0. The molecule has 0 aromatic heterocycles. The average Bonchev–Trinajstić information content (AvgIpc) is 3.31. The van der Waals surface area contributed by atoms with Gasteiger partial charge < -0.3 is 19.8 Å². The van der Waals surface area contributed by atoms with E-state index in [2.05, 4.69) is 43.5 Å². The molecule has 0 rings (SSSR count). The predicted molar refractivity (Wildman–Crippen MR) is 300 cm³/mol. The fourth-order valence-electron chi connectivity index (χ4n) is 9.20. The van der Waals surface area contributed by atoms with E-state index in [0.29, 0.717) is 23.9 Å². The summed E-state index contributed by atoms with van der Waals surface area (Å²) in [6.07, 6.45) is 65.3. The van der Waals surface area contributed by atoms with E-state index in [1.807, 2.05) is 21.1 Å². The highest BCUT2D eigenvalue weighted by Gasteiger charge is 2.28. The summed E-state index contributed by atoms with van der Waals surface area (Å²) in [5.41, 5.74) is 0. The third kappa shape index (κ3) is 54.6. The standard InChI is InChI=1S/C60H119N2O6P/c1-6-8-10-12-14-16-18-20-22-24-25-26-27-28-29-30-31-32-33-34-35-36-37-38-40-42-44-46-48-50-52-54-60(64)61-58(57-68-69(65,66)67-56-55-62(3,4)5)59(63)53-51-49-47-45-43-41-39-23-21-19-17-15-13-11-9-7-2/h25-26,28-29,58-59,63H,6-24,27,30-57H2,1-5H3,(H-,61,64,65,66)/p+1/b26-25-,29-28-. The molecule has 3 N–H and O–H groups in total. The SMILES string of the molecule is CCCCCCCCCCC/C=C\C/C=C\CCCCCCCCCCCCCCCCCC(=O)NC(COP(=O)(O)OCC[N+](C)(C)C)C(O)CCCCCCCCCCCCCCCCCC. The number of hydrogen-bond donors (Lipinski definition) is 3. The van der Waals surface area contributed by atoms with E-state index >= 15 is 0 Å². The summed E-state index contributed by atoms with van der Waals surface area (Å²) in [5.74, 6) is -0.140. The van der Waals surface area contributed by atoms with Crippen molar-refractivity contribution in [2.45, 2.75) is 315 Å². The van der Waals surface area contributed by atoms with E-state index in [0.717, 1.165) is 44.9 Å². The smallest absolute Gasteiger partial charge is 0.391 e. The molecule has 0 aliphatic carbocycles. The largest absolute Gasteiger partial charge is 0.472 e. The Hall–Kier alpha value is -1.02. The van der Waals surface area contributed by atoms with Gasteiger partial charge >= 0.3 is 7.82 Å². The van der Waals surface area contributed by atoms with Crippen molar-refractivity contribution in [1.82, 2.24) is 5.32 Å². The molecule has 1 amide bonds. The van der Waals surface area contributed by atoms with Crippen LogP contribution in [0.4, 0.5) is 0 Å². The van der Waals surface area contributed by atoms with Gasteiger partial charge in [-0.25, -0.2) is 4.57 Å².